The summed E-state index contributed by atoms with van der Waals surface area (Å²) in [5.74, 6) is -0.481. The zero-order valence-electron chi connectivity index (χ0n) is 16.1. The van der Waals surface area contributed by atoms with Crippen molar-refractivity contribution in [3.05, 3.63) is 47.5 Å². The van der Waals surface area contributed by atoms with E-state index in [2.05, 4.69) is 15.0 Å². The molecule has 0 bridgehead atoms. The minimum Gasteiger partial charge on any atom is -0.453 e. The molecule has 3 aromatic rings. The zero-order chi connectivity index (χ0) is 20.4. The molecule has 28 heavy (non-hydrogen) atoms. The predicted octanol–water partition coefficient (Wildman–Crippen LogP) is 4.09. The molecule has 0 spiro atoms. The number of methoxy groups -OCH3 is 1. The van der Waals surface area contributed by atoms with Crippen LogP contribution in [0.2, 0.25) is 0 Å². The number of halogens is 1. The summed E-state index contributed by atoms with van der Waals surface area (Å²) in [6.07, 6.45) is 1.58. The third-order valence-corrected chi connectivity index (χ3v) is 4.61. The first kappa shape index (κ1) is 19.2. The topological polar surface area (TPSA) is 83.2 Å². The number of aryl methyl sites for hydroxylation is 2. The number of amides is 1. The number of rotatable bonds is 4. The molecule has 1 amide bonds. The normalized spacial score (nSPS) is 10.6. The minimum atomic E-state index is -0.620. The number of anilines is 3. The number of nitrogens with zero attached hydrogens (tertiary/aromatic N) is 4. The molecule has 0 atom stereocenters. The summed E-state index contributed by atoms with van der Waals surface area (Å²) in [5.41, 5.74) is 3.85. The van der Waals surface area contributed by atoms with Crippen LogP contribution in [0.5, 0.6) is 0 Å². The van der Waals surface area contributed by atoms with Gasteiger partial charge in [-0.15, -0.1) is 0 Å². The summed E-state index contributed by atoms with van der Waals surface area (Å²) < 4.78 is 21.3. The van der Waals surface area contributed by atoms with Crippen molar-refractivity contribution in [3.63, 3.8) is 0 Å². The second-order valence-electron chi connectivity index (χ2n) is 6.32. The number of ether oxygens (including phenoxy) is 1. The molecule has 1 aromatic heterocycles. The molecule has 0 saturated carbocycles. The van der Waals surface area contributed by atoms with Gasteiger partial charge in [0, 0.05) is 19.8 Å². The number of aromatic nitrogens is 2. The number of carbonyl (C=O) groups is 1. The van der Waals surface area contributed by atoms with E-state index in [1.54, 1.807) is 30.4 Å². The molecule has 0 unspecified atom stereocenters. The summed E-state index contributed by atoms with van der Waals surface area (Å²) in [6.45, 7) is 1.90. The van der Waals surface area contributed by atoms with Crippen molar-refractivity contribution < 1.29 is 13.9 Å². The summed E-state index contributed by atoms with van der Waals surface area (Å²) in [5, 5.41) is 11.8. The van der Waals surface area contributed by atoms with Gasteiger partial charge in [-0.2, -0.15) is 5.26 Å². The van der Waals surface area contributed by atoms with Crippen LogP contribution in [0.25, 0.3) is 11.0 Å². The van der Waals surface area contributed by atoms with Gasteiger partial charge in [0.15, 0.2) is 0 Å². The SMILES string of the molecule is CCc1cc(C#N)cc(F)c1N(C)c1cc(NC(=O)OC)c2ncn(C)c2c1. The first-order chi connectivity index (χ1) is 13.4. The fourth-order valence-corrected chi connectivity index (χ4v) is 3.16. The van der Waals surface area contributed by atoms with Gasteiger partial charge in [0.1, 0.15) is 11.3 Å². The standard InChI is InChI=1S/C20H20FN5O2/c1-5-13-6-12(10-22)7-15(21)19(13)26(3)14-8-16(24-20(27)28-4)18-17(9-14)25(2)11-23-18/h6-9,11H,5H2,1-4H3,(H,24,27). The monoisotopic (exact) mass is 381 g/mol. The first-order valence-corrected chi connectivity index (χ1v) is 8.65. The number of hydrogen-bond acceptors (Lipinski definition) is 5. The van der Waals surface area contributed by atoms with E-state index in [0.29, 0.717) is 34.6 Å². The van der Waals surface area contributed by atoms with E-state index in [-0.39, 0.29) is 5.56 Å². The van der Waals surface area contributed by atoms with Crippen LogP contribution in [0, 0.1) is 17.1 Å². The quantitative estimate of drug-likeness (QED) is 0.736. The Morgan fingerprint density at radius 3 is 2.79 bits per heavy atom. The Bertz CT molecular complexity index is 1100. The first-order valence-electron chi connectivity index (χ1n) is 8.65. The Hall–Kier alpha value is -3.60. The van der Waals surface area contributed by atoms with Crippen molar-refractivity contribution in [2.24, 2.45) is 7.05 Å². The Morgan fingerprint density at radius 1 is 1.39 bits per heavy atom. The molecule has 0 aliphatic rings. The van der Waals surface area contributed by atoms with Crippen molar-refractivity contribution in [1.29, 1.82) is 5.26 Å². The van der Waals surface area contributed by atoms with Gasteiger partial charge in [0.05, 0.1) is 42.0 Å². The molecular weight excluding hydrogens is 361 g/mol. The number of carbonyl (C=O) groups excluding carboxylic acids is 1. The molecule has 7 nitrogen and oxygen atoms in total. The highest BCUT2D eigenvalue weighted by molar-refractivity contribution is 5.99. The van der Waals surface area contributed by atoms with E-state index < -0.39 is 11.9 Å². The number of nitrogens with one attached hydrogen (secondary N) is 1. The van der Waals surface area contributed by atoms with Gasteiger partial charge >= 0.3 is 6.09 Å². The van der Waals surface area contributed by atoms with Crippen LogP contribution in [0.1, 0.15) is 18.1 Å². The predicted molar refractivity (Wildman–Crippen MR) is 105 cm³/mol. The van der Waals surface area contributed by atoms with E-state index in [9.17, 15) is 9.18 Å². The van der Waals surface area contributed by atoms with Crippen LogP contribution >= 0.6 is 0 Å². The average molecular weight is 381 g/mol. The number of nitriles is 1. The minimum absolute atomic E-state index is 0.279. The molecule has 0 saturated heterocycles. The Morgan fingerprint density at radius 2 is 2.14 bits per heavy atom. The second kappa shape index (κ2) is 7.56. The van der Waals surface area contributed by atoms with Gasteiger partial charge in [-0.3, -0.25) is 5.32 Å². The highest BCUT2D eigenvalue weighted by Crippen LogP contribution is 2.35. The van der Waals surface area contributed by atoms with Crippen molar-refractivity contribution in [2.45, 2.75) is 13.3 Å². The lowest BCUT2D eigenvalue weighted by atomic mass is 10.0. The highest BCUT2D eigenvalue weighted by atomic mass is 19.1. The van der Waals surface area contributed by atoms with E-state index in [0.717, 1.165) is 5.52 Å². The molecule has 8 heteroatoms. The lowest BCUT2D eigenvalue weighted by molar-refractivity contribution is 0.187. The Kier molecular flexibility index (Phi) is 5.18. The number of fused-ring (bicyclic) bond motifs is 1. The van der Waals surface area contributed by atoms with E-state index in [4.69, 9.17) is 5.26 Å². The summed E-state index contributed by atoms with van der Waals surface area (Å²) in [6, 6.07) is 8.47. The van der Waals surface area contributed by atoms with Crippen molar-refractivity contribution >= 4 is 34.2 Å². The van der Waals surface area contributed by atoms with Crippen molar-refractivity contribution in [3.8, 4) is 6.07 Å². The van der Waals surface area contributed by atoms with E-state index in [1.165, 1.54) is 13.2 Å². The van der Waals surface area contributed by atoms with Crippen LogP contribution in [-0.4, -0.2) is 29.8 Å². The molecule has 0 radical (unpaired) electrons. The molecule has 1 N–H and O–H groups in total. The van der Waals surface area contributed by atoms with Crippen molar-refractivity contribution in [1.82, 2.24) is 9.55 Å². The van der Waals surface area contributed by atoms with Gasteiger partial charge in [-0.25, -0.2) is 14.2 Å². The molecule has 3 rings (SSSR count). The maximum absolute atomic E-state index is 14.8. The molecule has 0 aliphatic carbocycles. The lowest BCUT2D eigenvalue weighted by Crippen LogP contribution is -2.16. The molecule has 144 valence electrons. The number of benzene rings is 2. The number of hydrogen-bond donors (Lipinski definition) is 1. The fourth-order valence-electron chi connectivity index (χ4n) is 3.16. The summed E-state index contributed by atoms with van der Waals surface area (Å²) in [7, 11) is 4.85. The Labute approximate surface area is 162 Å². The fraction of sp³-hybridized carbons (Fsp3) is 0.250. The summed E-state index contributed by atoms with van der Waals surface area (Å²) >= 11 is 0. The molecular formula is C20H20FN5O2. The maximum Gasteiger partial charge on any atom is 0.411 e. The second-order valence-corrected chi connectivity index (χ2v) is 6.32. The summed E-state index contributed by atoms with van der Waals surface area (Å²) in [4.78, 5) is 17.8. The van der Waals surface area contributed by atoms with Crippen LogP contribution in [-0.2, 0) is 18.2 Å². The van der Waals surface area contributed by atoms with Gasteiger partial charge in [0.25, 0.3) is 0 Å². The number of imidazole rings is 1. The average Bonchev–Trinajstić information content (AvgIpc) is 3.07. The molecule has 1 heterocycles. The van der Waals surface area contributed by atoms with Crippen LogP contribution < -0.4 is 10.2 Å². The van der Waals surface area contributed by atoms with Gasteiger partial charge in [-0.1, -0.05) is 6.92 Å². The van der Waals surface area contributed by atoms with Crippen LogP contribution in [0.3, 0.4) is 0 Å². The van der Waals surface area contributed by atoms with Gasteiger partial charge in [-0.05, 0) is 36.2 Å². The largest absolute Gasteiger partial charge is 0.453 e. The Balaban J connectivity index is 2.17. The van der Waals surface area contributed by atoms with Gasteiger partial charge < -0.3 is 14.2 Å². The van der Waals surface area contributed by atoms with Crippen molar-refractivity contribution in [2.75, 3.05) is 24.4 Å². The molecule has 0 aliphatic heterocycles. The van der Waals surface area contributed by atoms with Crippen LogP contribution in [0.4, 0.5) is 26.2 Å². The van der Waals surface area contributed by atoms with E-state index in [1.807, 2.05) is 30.7 Å². The maximum atomic E-state index is 14.8. The third kappa shape index (κ3) is 3.34. The smallest absolute Gasteiger partial charge is 0.411 e. The lowest BCUT2D eigenvalue weighted by Gasteiger charge is -2.24. The van der Waals surface area contributed by atoms with Crippen LogP contribution in [0.15, 0.2) is 30.6 Å². The van der Waals surface area contributed by atoms with E-state index >= 15 is 0 Å². The molecule has 0 fully saturated rings. The zero-order valence-corrected chi connectivity index (χ0v) is 16.1. The molecule has 2 aromatic carbocycles. The third-order valence-electron chi connectivity index (χ3n) is 4.61. The van der Waals surface area contributed by atoms with Gasteiger partial charge in [0.2, 0.25) is 0 Å². The highest BCUT2D eigenvalue weighted by Gasteiger charge is 2.19.